The number of nitrogens with zero attached hydrogens (tertiary/aromatic N) is 2. The van der Waals surface area contributed by atoms with E-state index in [0.29, 0.717) is 11.7 Å². The van der Waals surface area contributed by atoms with Crippen molar-refractivity contribution in [3.8, 4) is 0 Å². The Morgan fingerprint density at radius 2 is 2.22 bits per heavy atom. The first-order chi connectivity index (χ1) is 8.67. The summed E-state index contributed by atoms with van der Waals surface area (Å²) >= 11 is 0. The molecule has 0 saturated heterocycles. The van der Waals surface area contributed by atoms with Crippen LogP contribution in [0.5, 0.6) is 0 Å². The molecule has 0 aliphatic heterocycles. The molecule has 1 unspecified atom stereocenters. The number of primary amides is 1. The van der Waals surface area contributed by atoms with Gasteiger partial charge in [0.2, 0.25) is 0 Å². The predicted octanol–water partition coefficient (Wildman–Crippen LogP) is 0.786. The third kappa shape index (κ3) is 4.67. The number of amides is 1. The van der Waals surface area contributed by atoms with Crippen LogP contribution in [-0.4, -0.2) is 34.4 Å². The van der Waals surface area contributed by atoms with Crippen LogP contribution in [0.4, 0.5) is 5.82 Å². The lowest BCUT2D eigenvalue weighted by Crippen LogP contribution is -2.18. The van der Waals surface area contributed by atoms with Crippen LogP contribution in [0.2, 0.25) is 0 Å². The van der Waals surface area contributed by atoms with Gasteiger partial charge in [-0.1, -0.05) is 13.3 Å². The lowest BCUT2D eigenvalue weighted by molar-refractivity contribution is 0.0994. The fraction of sp³-hybridized carbons (Fsp3) is 0.583. The van der Waals surface area contributed by atoms with Gasteiger partial charge in [-0.05, 0) is 30.9 Å². The van der Waals surface area contributed by atoms with Gasteiger partial charge in [-0.2, -0.15) is 0 Å². The predicted molar refractivity (Wildman–Crippen MR) is 69.1 cm³/mol. The molecule has 1 heterocycles. The molecule has 0 bridgehead atoms. The van der Waals surface area contributed by atoms with Gasteiger partial charge in [0.05, 0.1) is 0 Å². The van der Waals surface area contributed by atoms with Crippen LogP contribution >= 0.6 is 0 Å². The molecular weight excluding hydrogens is 232 g/mol. The van der Waals surface area contributed by atoms with Crippen LogP contribution in [0.15, 0.2) is 12.1 Å². The largest absolute Gasteiger partial charge is 0.396 e. The quantitative estimate of drug-likeness (QED) is 0.635. The van der Waals surface area contributed by atoms with Crippen molar-refractivity contribution in [2.75, 3.05) is 18.5 Å². The summed E-state index contributed by atoms with van der Waals surface area (Å²) in [5.74, 6) is 0.440. The fourth-order valence-corrected chi connectivity index (χ4v) is 1.75. The number of anilines is 1. The lowest BCUT2D eigenvalue weighted by Gasteiger charge is -2.15. The summed E-state index contributed by atoms with van der Waals surface area (Å²) in [6, 6.07) is 3.22. The Kier molecular flexibility index (Phi) is 6.07. The van der Waals surface area contributed by atoms with E-state index >= 15 is 0 Å². The molecule has 1 atom stereocenters. The van der Waals surface area contributed by atoms with E-state index in [-0.39, 0.29) is 12.3 Å². The Bertz CT molecular complexity index is 361. The molecule has 0 saturated carbocycles. The van der Waals surface area contributed by atoms with Gasteiger partial charge < -0.3 is 16.2 Å². The van der Waals surface area contributed by atoms with E-state index in [0.717, 1.165) is 25.8 Å². The van der Waals surface area contributed by atoms with Crippen molar-refractivity contribution in [1.29, 1.82) is 0 Å². The van der Waals surface area contributed by atoms with Gasteiger partial charge in [0.1, 0.15) is 5.82 Å². The fourth-order valence-electron chi connectivity index (χ4n) is 1.75. The number of hydrogen-bond donors (Lipinski definition) is 3. The van der Waals surface area contributed by atoms with E-state index in [2.05, 4.69) is 22.4 Å². The Morgan fingerprint density at radius 1 is 1.44 bits per heavy atom. The molecule has 0 spiro atoms. The zero-order chi connectivity index (χ0) is 13.4. The first kappa shape index (κ1) is 14.4. The number of carbonyl (C=O) groups is 1. The number of rotatable bonds is 8. The zero-order valence-electron chi connectivity index (χ0n) is 10.6. The van der Waals surface area contributed by atoms with Crippen LogP contribution < -0.4 is 11.1 Å². The second-order valence-corrected chi connectivity index (χ2v) is 4.22. The van der Waals surface area contributed by atoms with E-state index in [1.165, 1.54) is 0 Å². The third-order valence-electron chi connectivity index (χ3n) is 2.72. The van der Waals surface area contributed by atoms with Gasteiger partial charge in [-0.25, -0.2) is 0 Å². The first-order valence-electron chi connectivity index (χ1n) is 6.15. The van der Waals surface area contributed by atoms with E-state index in [1.54, 1.807) is 12.1 Å². The number of aliphatic hydroxyl groups excluding tert-OH is 1. The van der Waals surface area contributed by atoms with Gasteiger partial charge in [0.15, 0.2) is 5.69 Å². The van der Waals surface area contributed by atoms with Gasteiger partial charge in [0, 0.05) is 13.2 Å². The van der Waals surface area contributed by atoms with Crippen LogP contribution in [0.1, 0.15) is 36.7 Å². The number of carbonyl (C=O) groups excluding carboxylic acids is 1. The zero-order valence-corrected chi connectivity index (χ0v) is 10.6. The molecular formula is C12H20N4O2. The van der Waals surface area contributed by atoms with Crippen molar-refractivity contribution in [2.24, 2.45) is 11.7 Å². The minimum atomic E-state index is -0.585. The highest BCUT2D eigenvalue weighted by atomic mass is 16.3. The Hall–Kier alpha value is -1.69. The number of nitrogens with two attached hydrogens (primary N) is 1. The van der Waals surface area contributed by atoms with Crippen LogP contribution in [-0.2, 0) is 0 Å². The van der Waals surface area contributed by atoms with E-state index in [1.807, 2.05) is 0 Å². The van der Waals surface area contributed by atoms with Crippen molar-refractivity contribution in [3.63, 3.8) is 0 Å². The maximum Gasteiger partial charge on any atom is 0.269 e. The van der Waals surface area contributed by atoms with Crippen LogP contribution in [0.25, 0.3) is 0 Å². The molecule has 0 aliphatic carbocycles. The minimum absolute atomic E-state index is 0.154. The Labute approximate surface area is 107 Å². The number of hydrogen-bond acceptors (Lipinski definition) is 5. The molecule has 18 heavy (non-hydrogen) atoms. The van der Waals surface area contributed by atoms with Gasteiger partial charge in [0.25, 0.3) is 5.91 Å². The van der Waals surface area contributed by atoms with Gasteiger partial charge >= 0.3 is 0 Å². The smallest absolute Gasteiger partial charge is 0.269 e. The van der Waals surface area contributed by atoms with E-state index in [9.17, 15) is 4.79 Å². The van der Waals surface area contributed by atoms with Crippen molar-refractivity contribution < 1.29 is 9.90 Å². The van der Waals surface area contributed by atoms with Crippen molar-refractivity contribution in [1.82, 2.24) is 10.2 Å². The standard InChI is InChI=1S/C12H20N4O2/c1-2-3-9(6-7-17)8-14-11-5-4-10(12(13)18)15-16-11/h4-5,9,17H,2-3,6-8H2,1H3,(H2,13,18)(H,14,16). The Balaban J connectivity index is 2.48. The van der Waals surface area contributed by atoms with Crippen molar-refractivity contribution in [3.05, 3.63) is 17.8 Å². The highest BCUT2D eigenvalue weighted by Crippen LogP contribution is 2.12. The maximum absolute atomic E-state index is 10.8. The maximum atomic E-state index is 10.8. The van der Waals surface area contributed by atoms with Crippen LogP contribution in [0.3, 0.4) is 0 Å². The Morgan fingerprint density at radius 3 is 2.72 bits per heavy atom. The summed E-state index contributed by atoms with van der Waals surface area (Å²) in [6.07, 6.45) is 2.91. The van der Waals surface area contributed by atoms with E-state index in [4.69, 9.17) is 10.8 Å². The van der Waals surface area contributed by atoms with Crippen molar-refractivity contribution >= 4 is 11.7 Å². The first-order valence-corrected chi connectivity index (χ1v) is 6.15. The average molecular weight is 252 g/mol. The summed E-state index contributed by atoms with van der Waals surface area (Å²) in [4.78, 5) is 10.8. The topological polar surface area (TPSA) is 101 Å². The highest BCUT2D eigenvalue weighted by molar-refractivity contribution is 5.90. The highest BCUT2D eigenvalue weighted by Gasteiger charge is 2.08. The van der Waals surface area contributed by atoms with Gasteiger partial charge in [-0.3, -0.25) is 4.79 Å². The summed E-state index contributed by atoms with van der Waals surface area (Å²) < 4.78 is 0. The second kappa shape index (κ2) is 7.60. The van der Waals surface area contributed by atoms with Crippen LogP contribution in [0, 0.1) is 5.92 Å². The second-order valence-electron chi connectivity index (χ2n) is 4.22. The van der Waals surface area contributed by atoms with E-state index < -0.39 is 5.91 Å². The average Bonchev–Trinajstić information content (AvgIpc) is 2.37. The molecule has 6 heteroatoms. The van der Waals surface area contributed by atoms with Gasteiger partial charge in [-0.15, -0.1) is 10.2 Å². The molecule has 1 amide bonds. The molecule has 0 radical (unpaired) electrons. The normalized spacial score (nSPS) is 12.1. The molecule has 6 nitrogen and oxygen atoms in total. The number of aliphatic hydroxyl groups is 1. The molecule has 0 aliphatic rings. The molecule has 100 valence electrons. The number of aromatic nitrogens is 2. The molecule has 0 fully saturated rings. The lowest BCUT2D eigenvalue weighted by atomic mass is 10.0. The summed E-state index contributed by atoms with van der Waals surface area (Å²) in [6.45, 7) is 3.05. The molecule has 4 N–H and O–H groups in total. The third-order valence-corrected chi connectivity index (χ3v) is 2.72. The molecule has 1 aromatic rings. The van der Waals surface area contributed by atoms with Crippen molar-refractivity contribution in [2.45, 2.75) is 26.2 Å². The molecule has 0 aromatic carbocycles. The summed E-state index contributed by atoms with van der Waals surface area (Å²) in [5.41, 5.74) is 5.23. The molecule has 1 rings (SSSR count). The summed E-state index contributed by atoms with van der Waals surface area (Å²) in [7, 11) is 0. The minimum Gasteiger partial charge on any atom is -0.396 e. The summed E-state index contributed by atoms with van der Waals surface area (Å²) in [5, 5.41) is 19.7. The monoisotopic (exact) mass is 252 g/mol. The number of nitrogens with one attached hydrogen (secondary N) is 1. The molecule has 1 aromatic heterocycles. The SMILES string of the molecule is CCCC(CCO)CNc1ccc(C(N)=O)nn1.